The highest BCUT2D eigenvalue weighted by atomic mass is 35.5. The van der Waals surface area contributed by atoms with E-state index in [2.05, 4.69) is 4.90 Å². The predicted molar refractivity (Wildman–Crippen MR) is 115 cm³/mol. The number of amides is 2. The minimum Gasteiger partial charge on any atom is -0.484 e. The lowest BCUT2D eigenvalue weighted by Crippen LogP contribution is -2.55. The van der Waals surface area contributed by atoms with Gasteiger partial charge in [0, 0.05) is 31.2 Å². The molecule has 1 heterocycles. The predicted octanol–water partition coefficient (Wildman–Crippen LogP) is 4.00. The van der Waals surface area contributed by atoms with Crippen LogP contribution in [0.4, 0.5) is 0 Å². The Labute approximate surface area is 183 Å². The van der Waals surface area contributed by atoms with Crippen molar-refractivity contribution >= 4 is 23.4 Å². The summed E-state index contributed by atoms with van der Waals surface area (Å²) in [6, 6.07) is 7.04. The average molecular weight is 431 g/mol. The molecule has 5 fully saturated rings. The van der Waals surface area contributed by atoms with Crippen molar-refractivity contribution in [3.8, 4) is 5.75 Å². The van der Waals surface area contributed by atoms with Crippen LogP contribution in [0, 0.1) is 23.2 Å². The van der Waals surface area contributed by atoms with Crippen molar-refractivity contribution < 1.29 is 14.3 Å². The molecule has 0 radical (unpaired) electrons. The number of hydrogen-bond acceptors (Lipinski definition) is 3. The Morgan fingerprint density at radius 1 is 0.900 bits per heavy atom. The van der Waals surface area contributed by atoms with E-state index in [1.807, 2.05) is 4.90 Å². The van der Waals surface area contributed by atoms with Gasteiger partial charge in [-0.2, -0.15) is 0 Å². The summed E-state index contributed by atoms with van der Waals surface area (Å²) in [7, 11) is 0. The van der Waals surface area contributed by atoms with Crippen LogP contribution in [0.1, 0.15) is 44.9 Å². The van der Waals surface area contributed by atoms with Crippen molar-refractivity contribution in [1.29, 1.82) is 0 Å². The summed E-state index contributed by atoms with van der Waals surface area (Å²) in [6.45, 7) is 2.72. The molecule has 1 aromatic rings. The van der Waals surface area contributed by atoms with Crippen molar-refractivity contribution in [2.75, 3.05) is 32.8 Å². The minimum absolute atomic E-state index is 0.0184. The fourth-order valence-electron chi connectivity index (χ4n) is 6.85. The molecule has 5 aliphatic rings. The zero-order valence-electron chi connectivity index (χ0n) is 17.5. The molecule has 0 atom stereocenters. The molecule has 1 aliphatic heterocycles. The SMILES string of the molecule is O=C(COc1ccc(Cl)cc1)N1CCCN(C(=O)C23CC4CC(CC(C4)C2)C3)CC1. The van der Waals surface area contributed by atoms with Crippen LogP contribution in [-0.2, 0) is 9.59 Å². The fraction of sp³-hybridized carbons (Fsp3) is 0.667. The Balaban J connectivity index is 1.17. The van der Waals surface area contributed by atoms with Gasteiger partial charge in [-0.1, -0.05) is 11.6 Å². The molecule has 0 N–H and O–H groups in total. The second kappa shape index (κ2) is 8.07. The van der Waals surface area contributed by atoms with E-state index in [9.17, 15) is 9.59 Å². The summed E-state index contributed by atoms with van der Waals surface area (Å²) in [5.41, 5.74) is -0.0916. The topological polar surface area (TPSA) is 49.9 Å². The third-order valence-electron chi connectivity index (χ3n) is 7.80. The molecular formula is C24H31ClN2O3. The number of nitrogens with zero attached hydrogens (tertiary/aromatic N) is 2. The summed E-state index contributed by atoms with van der Waals surface area (Å²) >= 11 is 5.89. The number of rotatable bonds is 4. The molecule has 1 saturated heterocycles. The Bertz CT molecular complexity index is 774. The van der Waals surface area contributed by atoms with Crippen LogP contribution in [0.2, 0.25) is 5.02 Å². The third-order valence-corrected chi connectivity index (χ3v) is 8.06. The van der Waals surface area contributed by atoms with Gasteiger partial charge in [0.2, 0.25) is 5.91 Å². The molecule has 4 bridgehead atoms. The first-order valence-electron chi connectivity index (χ1n) is 11.5. The van der Waals surface area contributed by atoms with Crippen LogP contribution in [0.15, 0.2) is 24.3 Å². The molecule has 6 heteroatoms. The molecule has 30 heavy (non-hydrogen) atoms. The summed E-state index contributed by atoms with van der Waals surface area (Å²) in [6.07, 6.45) is 8.20. The number of halogens is 1. The zero-order valence-corrected chi connectivity index (χ0v) is 18.3. The van der Waals surface area contributed by atoms with E-state index >= 15 is 0 Å². The molecule has 1 aromatic carbocycles. The van der Waals surface area contributed by atoms with Crippen LogP contribution in [0.25, 0.3) is 0 Å². The second-order valence-electron chi connectivity index (χ2n) is 9.97. The number of ether oxygens (including phenoxy) is 1. The second-order valence-corrected chi connectivity index (χ2v) is 10.4. The van der Waals surface area contributed by atoms with Gasteiger partial charge < -0.3 is 14.5 Å². The lowest BCUT2D eigenvalue weighted by atomic mass is 9.49. The highest BCUT2D eigenvalue weighted by Crippen LogP contribution is 2.60. The van der Waals surface area contributed by atoms with E-state index in [0.29, 0.717) is 36.3 Å². The molecule has 0 unspecified atom stereocenters. The van der Waals surface area contributed by atoms with Crippen molar-refractivity contribution in [3.63, 3.8) is 0 Å². The van der Waals surface area contributed by atoms with E-state index in [1.54, 1.807) is 24.3 Å². The van der Waals surface area contributed by atoms with E-state index in [0.717, 1.165) is 50.0 Å². The summed E-state index contributed by atoms with van der Waals surface area (Å²) in [4.78, 5) is 30.2. The van der Waals surface area contributed by atoms with E-state index < -0.39 is 0 Å². The van der Waals surface area contributed by atoms with Gasteiger partial charge in [-0.3, -0.25) is 9.59 Å². The van der Waals surface area contributed by atoms with Gasteiger partial charge >= 0.3 is 0 Å². The number of benzene rings is 1. The van der Waals surface area contributed by atoms with Gasteiger partial charge in [0.15, 0.2) is 6.61 Å². The molecule has 4 aliphatic carbocycles. The van der Waals surface area contributed by atoms with Crippen LogP contribution in [0.5, 0.6) is 5.75 Å². The maximum absolute atomic E-state index is 13.6. The Morgan fingerprint density at radius 2 is 1.47 bits per heavy atom. The number of hydrogen-bond donors (Lipinski definition) is 0. The fourth-order valence-corrected chi connectivity index (χ4v) is 6.97. The van der Waals surface area contributed by atoms with Crippen LogP contribution in [-0.4, -0.2) is 54.4 Å². The highest BCUT2D eigenvalue weighted by Gasteiger charge is 2.55. The first-order valence-corrected chi connectivity index (χ1v) is 11.8. The van der Waals surface area contributed by atoms with Gasteiger partial charge in [-0.05, 0) is 87.0 Å². The van der Waals surface area contributed by atoms with Gasteiger partial charge in [-0.25, -0.2) is 0 Å². The molecule has 162 valence electrons. The molecule has 0 spiro atoms. The molecule has 5 nitrogen and oxygen atoms in total. The van der Waals surface area contributed by atoms with Gasteiger partial charge in [0.05, 0.1) is 5.41 Å². The van der Waals surface area contributed by atoms with Gasteiger partial charge in [0.25, 0.3) is 5.91 Å². The lowest BCUT2D eigenvalue weighted by molar-refractivity contribution is -0.157. The maximum Gasteiger partial charge on any atom is 0.260 e. The maximum atomic E-state index is 13.6. The molecule has 2 amide bonds. The van der Waals surface area contributed by atoms with Crippen molar-refractivity contribution in [3.05, 3.63) is 29.3 Å². The zero-order chi connectivity index (χ0) is 20.7. The van der Waals surface area contributed by atoms with Gasteiger partial charge in [0.1, 0.15) is 5.75 Å². The monoisotopic (exact) mass is 430 g/mol. The number of carbonyl (C=O) groups excluding carboxylic acids is 2. The number of carbonyl (C=O) groups is 2. The smallest absolute Gasteiger partial charge is 0.260 e. The Morgan fingerprint density at radius 3 is 2.10 bits per heavy atom. The standard InChI is InChI=1S/C24H31ClN2O3/c25-20-2-4-21(5-3-20)30-16-22(28)26-6-1-7-27(9-8-26)23(29)24-13-17-10-18(14-24)12-19(11-17)15-24/h2-5,17-19H,1,6-16H2. The summed E-state index contributed by atoms with van der Waals surface area (Å²) in [5.74, 6) is 3.32. The Kier molecular flexibility index (Phi) is 5.42. The highest BCUT2D eigenvalue weighted by molar-refractivity contribution is 6.30. The van der Waals surface area contributed by atoms with Crippen molar-refractivity contribution in [2.45, 2.75) is 44.9 Å². The van der Waals surface area contributed by atoms with Crippen LogP contribution in [0.3, 0.4) is 0 Å². The normalized spacial score (nSPS) is 32.8. The van der Waals surface area contributed by atoms with E-state index in [4.69, 9.17) is 16.3 Å². The van der Waals surface area contributed by atoms with Crippen molar-refractivity contribution in [1.82, 2.24) is 9.80 Å². The third kappa shape index (κ3) is 3.93. The lowest BCUT2D eigenvalue weighted by Gasteiger charge is -2.56. The van der Waals surface area contributed by atoms with E-state index in [-0.39, 0.29) is 17.9 Å². The molecular weight excluding hydrogens is 400 g/mol. The van der Waals surface area contributed by atoms with Crippen LogP contribution >= 0.6 is 11.6 Å². The minimum atomic E-state index is -0.0916. The molecule has 6 rings (SSSR count). The van der Waals surface area contributed by atoms with Crippen molar-refractivity contribution in [2.24, 2.45) is 23.2 Å². The quantitative estimate of drug-likeness (QED) is 0.725. The van der Waals surface area contributed by atoms with Crippen LogP contribution < -0.4 is 4.74 Å². The average Bonchev–Trinajstić information content (AvgIpc) is 2.98. The summed E-state index contributed by atoms with van der Waals surface area (Å²) in [5, 5.41) is 0.643. The Hall–Kier alpha value is -1.75. The van der Waals surface area contributed by atoms with Gasteiger partial charge in [-0.15, -0.1) is 0 Å². The first-order chi connectivity index (χ1) is 14.5. The first kappa shape index (κ1) is 20.2. The summed E-state index contributed by atoms with van der Waals surface area (Å²) < 4.78 is 5.63. The largest absolute Gasteiger partial charge is 0.484 e. The molecule has 0 aromatic heterocycles. The van der Waals surface area contributed by atoms with E-state index in [1.165, 1.54) is 19.3 Å². The molecule has 4 saturated carbocycles.